The van der Waals surface area contributed by atoms with E-state index in [1.807, 2.05) is 30.6 Å². The van der Waals surface area contributed by atoms with Crippen molar-refractivity contribution in [2.75, 3.05) is 20.2 Å². The Morgan fingerprint density at radius 2 is 2.00 bits per heavy atom. The summed E-state index contributed by atoms with van der Waals surface area (Å²) in [6, 6.07) is 8.08. The predicted octanol–water partition coefficient (Wildman–Crippen LogP) is 2.02. The fraction of sp³-hybridized carbons (Fsp3) is 0.444. The number of hydrogen-bond acceptors (Lipinski definition) is 5. The molecule has 1 saturated heterocycles. The van der Waals surface area contributed by atoms with Gasteiger partial charge in [0.1, 0.15) is 12.2 Å². The first-order valence-electron chi connectivity index (χ1n) is 7.90. The average Bonchev–Trinajstić information content (AvgIpc) is 2.92. The SMILES string of the molecule is COCc1ncc(CN2CC[C@@](O)(c3ccccc3C)C2)cn1. The fourth-order valence-electron chi connectivity index (χ4n) is 3.25. The quantitative estimate of drug-likeness (QED) is 0.915. The lowest BCUT2D eigenvalue weighted by atomic mass is 9.89. The van der Waals surface area contributed by atoms with E-state index in [1.54, 1.807) is 7.11 Å². The monoisotopic (exact) mass is 313 g/mol. The van der Waals surface area contributed by atoms with Crippen molar-refractivity contribution < 1.29 is 9.84 Å². The molecule has 0 unspecified atom stereocenters. The number of aryl methyl sites for hydroxylation is 1. The highest BCUT2D eigenvalue weighted by Gasteiger charge is 2.38. The Morgan fingerprint density at radius 3 is 2.70 bits per heavy atom. The number of likely N-dealkylation sites (tertiary alicyclic amines) is 1. The van der Waals surface area contributed by atoms with Gasteiger partial charge in [0.05, 0.1) is 0 Å². The molecule has 0 radical (unpaired) electrons. The number of ether oxygens (including phenoxy) is 1. The van der Waals surface area contributed by atoms with Gasteiger partial charge in [0.15, 0.2) is 5.82 Å². The fourth-order valence-corrected chi connectivity index (χ4v) is 3.25. The molecule has 0 spiro atoms. The van der Waals surface area contributed by atoms with Crippen LogP contribution in [0.1, 0.15) is 28.9 Å². The molecular formula is C18H23N3O2. The zero-order valence-electron chi connectivity index (χ0n) is 13.7. The molecule has 1 fully saturated rings. The predicted molar refractivity (Wildman–Crippen MR) is 87.7 cm³/mol. The smallest absolute Gasteiger partial charge is 0.153 e. The Balaban J connectivity index is 1.67. The zero-order valence-corrected chi connectivity index (χ0v) is 13.7. The number of methoxy groups -OCH3 is 1. The van der Waals surface area contributed by atoms with Crippen molar-refractivity contribution in [3.63, 3.8) is 0 Å². The van der Waals surface area contributed by atoms with Crippen LogP contribution in [-0.2, 0) is 23.5 Å². The summed E-state index contributed by atoms with van der Waals surface area (Å²) < 4.78 is 5.02. The summed E-state index contributed by atoms with van der Waals surface area (Å²) in [4.78, 5) is 10.8. The normalized spacial score (nSPS) is 21.7. The van der Waals surface area contributed by atoms with Crippen molar-refractivity contribution in [3.8, 4) is 0 Å². The van der Waals surface area contributed by atoms with Gasteiger partial charge in [-0.25, -0.2) is 9.97 Å². The van der Waals surface area contributed by atoms with E-state index in [1.165, 1.54) is 0 Å². The molecule has 2 heterocycles. The van der Waals surface area contributed by atoms with Crippen molar-refractivity contribution in [1.82, 2.24) is 14.9 Å². The number of rotatable bonds is 5. The molecule has 1 aromatic heterocycles. The first-order chi connectivity index (χ1) is 11.1. The van der Waals surface area contributed by atoms with E-state index in [2.05, 4.69) is 27.9 Å². The summed E-state index contributed by atoms with van der Waals surface area (Å²) >= 11 is 0. The molecule has 5 heteroatoms. The second kappa shape index (κ2) is 6.74. The van der Waals surface area contributed by atoms with E-state index in [-0.39, 0.29) is 0 Å². The van der Waals surface area contributed by atoms with E-state index >= 15 is 0 Å². The van der Waals surface area contributed by atoms with Crippen molar-refractivity contribution in [1.29, 1.82) is 0 Å². The number of β-amino-alcohol motifs (C(OH)–C–C–N with tert-alkyl or cyclic N) is 1. The number of aromatic nitrogens is 2. The first-order valence-corrected chi connectivity index (χ1v) is 7.90. The maximum Gasteiger partial charge on any atom is 0.153 e. The number of nitrogens with zero attached hydrogens (tertiary/aromatic N) is 3. The summed E-state index contributed by atoms with van der Waals surface area (Å²) in [5.74, 6) is 0.689. The molecule has 3 rings (SSSR count). The van der Waals surface area contributed by atoms with Crippen LogP contribution in [0.15, 0.2) is 36.7 Å². The Bertz CT molecular complexity index is 660. The summed E-state index contributed by atoms with van der Waals surface area (Å²) in [6.07, 6.45) is 4.43. The van der Waals surface area contributed by atoms with Gasteiger partial charge in [-0.15, -0.1) is 0 Å². The van der Waals surface area contributed by atoms with Crippen molar-refractivity contribution in [2.24, 2.45) is 0 Å². The Morgan fingerprint density at radius 1 is 1.26 bits per heavy atom. The minimum absolute atomic E-state index is 0.428. The molecule has 0 aliphatic carbocycles. The summed E-state index contributed by atoms with van der Waals surface area (Å²) in [5.41, 5.74) is 2.47. The minimum atomic E-state index is -0.762. The van der Waals surface area contributed by atoms with Gasteiger partial charge >= 0.3 is 0 Å². The molecule has 0 saturated carbocycles. The molecule has 2 aromatic rings. The molecule has 1 N–H and O–H groups in total. The average molecular weight is 313 g/mol. The third-order valence-corrected chi connectivity index (χ3v) is 4.41. The van der Waals surface area contributed by atoms with Crippen molar-refractivity contribution in [3.05, 3.63) is 59.2 Å². The molecule has 1 aromatic carbocycles. The molecule has 1 aliphatic rings. The molecule has 122 valence electrons. The van der Waals surface area contributed by atoms with Gasteiger partial charge < -0.3 is 9.84 Å². The first kappa shape index (κ1) is 16.1. The largest absolute Gasteiger partial charge is 0.384 e. The van der Waals surface area contributed by atoms with Crippen LogP contribution in [-0.4, -0.2) is 40.2 Å². The van der Waals surface area contributed by atoms with Crippen LogP contribution in [0.2, 0.25) is 0 Å². The minimum Gasteiger partial charge on any atom is -0.384 e. The van der Waals surface area contributed by atoms with Gasteiger partial charge in [0.2, 0.25) is 0 Å². The molecule has 1 aliphatic heterocycles. The third kappa shape index (κ3) is 3.58. The highest BCUT2D eigenvalue weighted by Crippen LogP contribution is 2.34. The lowest BCUT2D eigenvalue weighted by Crippen LogP contribution is -2.31. The molecular weight excluding hydrogens is 290 g/mol. The van der Waals surface area contributed by atoms with Gasteiger partial charge in [0.25, 0.3) is 0 Å². The maximum atomic E-state index is 11.0. The molecule has 1 atom stereocenters. The van der Waals surface area contributed by atoms with E-state index in [0.29, 0.717) is 19.0 Å². The second-order valence-electron chi connectivity index (χ2n) is 6.25. The molecule has 5 nitrogen and oxygen atoms in total. The van der Waals surface area contributed by atoms with Crippen LogP contribution in [0, 0.1) is 6.92 Å². The molecule has 0 bridgehead atoms. The molecule has 23 heavy (non-hydrogen) atoms. The lowest BCUT2D eigenvalue weighted by molar-refractivity contribution is 0.0446. The van der Waals surface area contributed by atoms with Crippen LogP contribution in [0.3, 0.4) is 0 Å². The van der Waals surface area contributed by atoms with Crippen molar-refractivity contribution >= 4 is 0 Å². The standard InChI is InChI=1S/C18H23N3O2/c1-14-5-3-4-6-16(14)18(22)7-8-21(13-18)11-15-9-19-17(12-23-2)20-10-15/h3-6,9-10,22H,7-8,11-13H2,1-2H3/t18-/m0/s1. The van der Waals surface area contributed by atoms with Crippen LogP contribution in [0.25, 0.3) is 0 Å². The van der Waals surface area contributed by atoms with Gasteiger partial charge in [-0.3, -0.25) is 4.90 Å². The zero-order chi connectivity index (χ0) is 16.3. The van der Waals surface area contributed by atoms with Crippen LogP contribution in [0.4, 0.5) is 0 Å². The van der Waals surface area contributed by atoms with Gasteiger partial charge in [-0.05, 0) is 24.5 Å². The van der Waals surface area contributed by atoms with E-state index in [9.17, 15) is 5.11 Å². The number of benzene rings is 1. The van der Waals surface area contributed by atoms with Crippen molar-refractivity contribution in [2.45, 2.75) is 32.1 Å². The highest BCUT2D eigenvalue weighted by molar-refractivity contribution is 5.32. The Labute approximate surface area is 137 Å². The number of aliphatic hydroxyl groups is 1. The topological polar surface area (TPSA) is 58.5 Å². The van der Waals surface area contributed by atoms with E-state index in [4.69, 9.17) is 4.74 Å². The van der Waals surface area contributed by atoms with Gasteiger partial charge in [0, 0.05) is 44.7 Å². The lowest BCUT2D eigenvalue weighted by Gasteiger charge is -2.25. The summed E-state index contributed by atoms with van der Waals surface area (Å²) in [5, 5.41) is 11.0. The van der Waals surface area contributed by atoms with Gasteiger partial charge in [-0.2, -0.15) is 0 Å². The van der Waals surface area contributed by atoms with Crippen LogP contribution >= 0.6 is 0 Å². The second-order valence-corrected chi connectivity index (χ2v) is 6.25. The Hall–Kier alpha value is -1.82. The highest BCUT2D eigenvalue weighted by atomic mass is 16.5. The van der Waals surface area contributed by atoms with E-state index < -0.39 is 5.60 Å². The number of hydrogen-bond donors (Lipinski definition) is 1. The Kier molecular flexibility index (Phi) is 4.71. The van der Waals surface area contributed by atoms with Gasteiger partial charge in [-0.1, -0.05) is 24.3 Å². The summed E-state index contributed by atoms with van der Waals surface area (Å²) in [7, 11) is 1.63. The van der Waals surface area contributed by atoms with Crippen LogP contribution < -0.4 is 0 Å². The molecule has 0 amide bonds. The third-order valence-electron chi connectivity index (χ3n) is 4.41. The summed E-state index contributed by atoms with van der Waals surface area (Å²) in [6.45, 7) is 4.74. The van der Waals surface area contributed by atoms with E-state index in [0.717, 1.165) is 36.2 Å². The van der Waals surface area contributed by atoms with Crippen LogP contribution in [0.5, 0.6) is 0 Å². The maximum absolute atomic E-state index is 11.0.